The third-order valence-corrected chi connectivity index (χ3v) is 5.33. The summed E-state index contributed by atoms with van der Waals surface area (Å²) < 4.78 is 0. The van der Waals surface area contributed by atoms with Gasteiger partial charge < -0.3 is 0 Å². The first-order valence-electron chi connectivity index (χ1n) is 6.52. The summed E-state index contributed by atoms with van der Waals surface area (Å²) in [4.78, 5) is 12.0. The van der Waals surface area contributed by atoms with Crippen LogP contribution in [0.1, 0.15) is 48.5 Å². The number of benzene rings is 1. The largest absolute Gasteiger partial charge is 0.289 e. The predicted octanol–water partition coefficient (Wildman–Crippen LogP) is 3.85. The van der Waals surface area contributed by atoms with Gasteiger partial charge in [-0.2, -0.15) is 0 Å². The molecular formula is C16H16O. The molecule has 3 aliphatic carbocycles. The van der Waals surface area contributed by atoms with E-state index < -0.39 is 0 Å². The predicted molar refractivity (Wildman–Crippen MR) is 67.8 cm³/mol. The van der Waals surface area contributed by atoms with Crippen molar-refractivity contribution in [2.24, 2.45) is 10.8 Å². The summed E-state index contributed by atoms with van der Waals surface area (Å²) in [6.07, 6.45) is 7.14. The van der Waals surface area contributed by atoms with E-state index in [4.69, 9.17) is 0 Å². The Hall–Kier alpha value is -1.37. The standard InChI is InChI=1S/C16H16O/c1-15-7-4-8-16(15,10-15)13-9-14(17)12-6-3-2-5-11(12)13/h2-3,5-6,9H,4,7-8,10H2,1H3. The summed E-state index contributed by atoms with van der Waals surface area (Å²) in [6, 6.07) is 8.10. The lowest BCUT2D eigenvalue weighted by Gasteiger charge is -2.17. The third-order valence-electron chi connectivity index (χ3n) is 5.33. The first kappa shape index (κ1) is 9.64. The lowest BCUT2D eigenvalue weighted by Crippen LogP contribution is -2.06. The Morgan fingerprint density at radius 3 is 2.53 bits per heavy atom. The fourth-order valence-electron chi connectivity index (χ4n) is 4.29. The van der Waals surface area contributed by atoms with Crippen molar-refractivity contribution in [2.75, 3.05) is 0 Å². The Morgan fingerprint density at radius 2 is 1.88 bits per heavy atom. The summed E-state index contributed by atoms with van der Waals surface area (Å²) in [6.45, 7) is 2.40. The molecule has 4 rings (SSSR count). The molecule has 3 aliphatic rings. The number of fused-ring (bicyclic) bond motifs is 2. The second-order valence-electron chi connectivity index (χ2n) is 6.14. The first-order chi connectivity index (χ1) is 8.16. The Balaban J connectivity index is 1.88. The lowest BCUT2D eigenvalue weighted by atomic mass is 9.86. The maximum Gasteiger partial charge on any atom is 0.186 e. The number of carbonyl (C=O) groups excluding carboxylic acids is 1. The van der Waals surface area contributed by atoms with E-state index in [1.54, 1.807) is 0 Å². The molecule has 2 atom stereocenters. The number of ketones is 1. The number of allylic oxidation sites excluding steroid dienone is 2. The maximum atomic E-state index is 12.0. The molecule has 0 N–H and O–H groups in total. The van der Waals surface area contributed by atoms with Crippen molar-refractivity contribution in [3.8, 4) is 0 Å². The van der Waals surface area contributed by atoms with Crippen LogP contribution in [0.3, 0.4) is 0 Å². The van der Waals surface area contributed by atoms with E-state index in [0.717, 1.165) is 5.56 Å². The molecule has 1 nitrogen and oxygen atoms in total. The molecule has 2 unspecified atom stereocenters. The molecule has 0 bridgehead atoms. The summed E-state index contributed by atoms with van der Waals surface area (Å²) >= 11 is 0. The summed E-state index contributed by atoms with van der Waals surface area (Å²) in [5, 5.41) is 0. The summed E-state index contributed by atoms with van der Waals surface area (Å²) in [7, 11) is 0. The maximum absolute atomic E-state index is 12.0. The van der Waals surface area contributed by atoms with Gasteiger partial charge in [-0.05, 0) is 41.9 Å². The Morgan fingerprint density at radius 1 is 1.12 bits per heavy atom. The molecule has 0 spiro atoms. The molecule has 1 heteroatoms. The van der Waals surface area contributed by atoms with Crippen molar-refractivity contribution in [1.29, 1.82) is 0 Å². The average Bonchev–Trinajstić information content (AvgIpc) is 2.64. The van der Waals surface area contributed by atoms with Crippen molar-refractivity contribution in [3.05, 3.63) is 41.5 Å². The first-order valence-corrected chi connectivity index (χ1v) is 6.52. The quantitative estimate of drug-likeness (QED) is 0.708. The monoisotopic (exact) mass is 224 g/mol. The molecule has 0 amide bonds. The summed E-state index contributed by atoms with van der Waals surface area (Å²) in [5.41, 5.74) is 4.30. The van der Waals surface area contributed by atoms with Crippen LogP contribution < -0.4 is 0 Å². The van der Waals surface area contributed by atoms with Gasteiger partial charge in [0.05, 0.1) is 0 Å². The van der Waals surface area contributed by atoms with Crippen LogP contribution in [0, 0.1) is 10.8 Å². The van der Waals surface area contributed by atoms with E-state index in [1.807, 2.05) is 18.2 Å². The van der Waals surface area contributed by atoms with Gasteiger partial charge in [-0.1, -0.05) is 37.6 Å². The molecule has 17 heavy (non-hydrogen) atoms. The van der Waals surface area contributed by atoms with Crippen LogP contribution in [-0.4, -0.2) is 5.78 Å². The zero-order valence-corrected chi connectivity index (χ0v) is 10.1. The minimum atomic E-state index is 0.214. The van der Waals surface area contributed by atoms with Gasteiger partial charge in [0.1, 0.15) is 0 Å². The van der Waals surface area contributed by atoms with Crippen molar-refractivity contribution >= 4 is 11.4 Å². The zero-order valence-electron chi connectivity index (χ0n) is 10.1. The molecular weight excluding hydrogens is 208 g/mol. The van der Waals surface area contributed by atoms with E-state index >= 15 is 0 Å². The SMILES string of the molecule is CC12CCCC1(C1=CC(=O)c3ccccc31)C2. The molecule has 0 aliphatic heterocycles. The fraction of sp³-hybridized carbons (Fsp3) is 0.438. The number of hydrogen-bond donors (Lipinski definition) is 0. The zero-order chi connectivity index (χ0) is 11.7. The molecule has 86 valence electrons. The molecule has 2 saturated carbocycles. The summed E-state index contributed by atoms with van der Waals surface area (Å²) in [5.74, 6) is 0.214. The van der Waals surface area contributed by atoms with Gasteiger partial charge in [-0.25, -0.2) is 0 Å². The highest BCUT2D eigenvalue weighted by Gasteiger charge is 2.68. The van der Waals surface area contributed by atoms with Crippen LogP contribution in [0.15, 0.2) is 30.3 Å². The second kappa shape index (κ2) is 2.72. The van der Waals surface area contributed by atoms with Crippen LogP contribution in [-0.2, 0) is 0 Å². The second-order valence-corrected chi connectivity index (χ2v) is 6.14. The van der Waals surface area contributed by atoms with E-state index in [9.17, 15) is 4.79 Å². The van der Waals surface area contributed by atoms with Crippen LogP contribution in [0.2, 0.25) is 0 Å². The van der Waals surface area contributed by atoms with E-state index in [1.165, 1.54) is 36.8 Å². The van der Waals surface area contributed by atoms with Crippen LogP contribution in [0.4, 0.5) is 0 Å². The van der Waals surface area contributed by atoms with Gasteiger partial charge in [0.2, 0.25) is 0 Å². The highest BCUT2D eigenvalue weighted by Crippen LogP contribution is 2.78. The third kappa shape index (κ3) is 0.987. The van der Waals surface area contributed by atoms with Gasteiger partial charge in [-0.3, -0.25) is 4.79 Å². The Labute approximate surface area is 102 Å². The Kier molecular flexibility index (Phi) is 1.54. The molecule has 0 heterocycles. The molecule has 1 aromatic rings. The highest BCUT2D eigenvalue weighted by atomic mass is 16.1. The van der Waals surface area contributed by atoms with Gasteiger partial charge in [0.25, 0.3) is 0 Å². The topological polar surface area (TPSA) is 17.1 Å². The fourth-order valence-corrected chi connectivity index (χ4v) is 4.29. The molecule has 0 aromatic heterocycles. The van der Waals surface area contributed by atoms with E-state index in [2.05, 4.69) is 19.1 Å². The minimum Gasteiger partial charge on any atom is -0.289 e. The number of carbonyl (C=O) groups is 1. The molecule has 1 aromatic carbocycles. The van der Waals surface area contributed by atoms with Crippen LogP contribution in [0.25, 0.3) is 5.57 Å². The normalized spacial score (nSPS) is 37.7. The van der Waals surface area contributed by atoms with Crippen molar-refractivity contribution < 1.29 is 4.79 Å². The number of rotatable bonds is 1. The van der Waals surface area contributed by atoms with Gasteiger partial charge in [0, 0.05) is 11.0 Å². The van der Waals surface area contributed by atoms with E-state index in [-0.39, 0.29) is 5.78 Å². The lowest BCUT2D eigenvalue weighted by molar-refractivity contribution is 0.105. The van der Waals surface area contributed by atoms with Gasteiger partial charge in [-0.15, -0.1) is 0 Å². The molecule has 2 fully saturated rings. The molecule has 0 radical (unpaired) electrons. The number of hydrogen-bond acceptors (Lipinski definition) is 1. The Bertz CT molecular complexity index is 565. The van der Waals surface area contributed by atoms with Gasteiger partial charge in [0.15, 0.2) is 5.78 Å². The van der Waals surface area contributed by atoms with Crippen molar-refractivity contribution in [2.45, 2.75) is 32.6 Å². The van der Waals surface area contributed by atoms with Crippen molar-refractivity contribution in [3.63, 3.8) is 0 Å². The van der Waals surface area contributed by atoms with Crippen LogP contribution in [0.5, 0.6) is 0 Å². The molecule has 0 saturated heterocycles. The van der Waals surface area contributed by atoms with E-state index in [0.29, 0.717) is 10.8 Å². The van der Waals surface area contributed by atoms with Gasteiger partial charge >= 0.3 is 0 Å². The highest BCUT2D eigenvalue weighted by molar-refractivity contribution is 6.17. The van der Waals surface area contributed by atoms with Crippen molar-refractivity contribution in [1.82, 2.24) is 0 Å². The smallest absolute Gasteiger partial charge is 0.186 e. The minimum absolute atomic E-state index is 0.214. The average molecular weight is 224 g/mol. The van der Waals surface area contributed by atoms with Crippen LogP contribution >= 0.6 is 0 Å².